The molecule has 0 aromatic heterocycles. The number of nitrogens with zero attached hydrogens (tertiary/aromatic N) is 1. The highest BCUT2D eigenvalue weighted by Gasteiger charge is 2.25. The Labute approximate surface area is 106 Å². The van der Waals surface area contributed by atoms with Crippen molar-refractivity contribution in [2.24, 2.45) is 0 Å². The van der Waals surface area contributed by atoms with E-state index in [0.29, 0.717) is 13.1 Å². The molecule has 3 atom stereocenters. The van der Waals surface area contributed by atoms with Gasteiger partial charge in [-0.15, -0.1) is 0 Å². The Morgan fingerprint density at radius 1 is 1.18 bits per heavy atom. The van der Waals surface area contributed by atoms with E-state index in [0.717, 1.165) is 0 Å². The van der Waals surface area contributed by atoms with Crippen molar-refractivity contribution in [3.05, 3.63) is 0 Å². The first kappa shape index (κ1) is 16.5. The van der Waals surface area contributed by atoms with Gasteiger partial charge in [-0.2, -0.15) is 0 Å². The van der Waals surface area contributed by atoms with Crippen LogP contribution in [-0.2, 0) is 4.74 Å². The predicted octanol–water partition coefficient (Wildman–Crippen LogP) is -1.30. The molecule has 0 aliphatic carbocycles. The highest BCUT2D eigenvalue weighted by Crippen LogP contribution is 2.02. The average molecular weight is 267 g/mol. The zero-order valence-corrected chi connectivity index (χ0v) is 10.9. The second-order valence-electron chi connectivity index (χ2n) is 3.56. The molecule has 0 aromatic carbocycles. The van der Waals surface area contributed by atoms with E-state index < -0.39 is 24.9 Å². The fraction of sp³-hybridized carbons (Fsp3) is 0.900. The summed E-state index contributed by atoms with van der Waals surface area (Å²) in [5.41, 5.74) is 0. The molecule has 0 rings (SSSR count). The molecule has 0 aromatic rings. The molecule has 0 heterocycles. The summed E-state index contributed by atoms with van der Waals surface area (Å²) in [6.07, 6.45) is -4.15. The maximum Gasteiger partial charge on any atom is 0.259 e. The largest absolute Gasteiger partial charge is 0.468 e. The van der Waals surface area contributed by atoms with Crippen molar-refractivity contribution in [3.63, 3.8) is 0 Å². The lowest BCUT2D eigenvalue weighted by Gasteiger charge is -2.25. The van der Waals surface area contributed by atoms with E-state index in [1.165, 1.54) is 0 Å². The fourth-order valence-electron chi connectivity index (χ4n) is 1.19. The molecular weight excluding hydrogens is 246 g/mol. The number of thiocarbonyl (C=S) groups is 1. The van der Waals surface area contributed by atoms with Gasteiger partial charge in [0.05, 0.1) is 6.61 Å². The maximum atomic E-state index is 9.47. The Morgan fingerprint density at radius 2 is 1.71 bits per heavy atom. The van der Waals surface area contributed by atoms with Crippen LogP contribution < -0.4 is 0 Å². The molecule has 4 N–H and O–H groups in total. The summed E-state index contributed by atoms with van der Waals surface area (Å²) in [4.78, 5) is 1.77. The van der Waals surface area contributed by atoms with Gasteiger partial charge in [-0.05, 0) is 26.1 Å². The number of hydrogen-bond acceptors (Lipinski definition) is 6. The highest BCUT2D eigenvalue weighted by molar-refractivity contribution is 7.80. The minimum absolute atomic E-state index is 0.229. The van der Waals surface area contributed by atoms with E-state index in [1.54, 1.807) is 4.90 Å². The monoisotopic (exact) mass is 267 g/mol. The Balaban J connectivity index is 4.06. The lowest BCUT2D eigenvalue weighted by atomic mass is 10.1. The second kappa shape index (κ2) is 8.60. The van der Waals surface area contributed by atoms with E-state index in [2.05, 4.69) is 0 Å². The summed E-state index contributed by atoms with van der Waals surface area (Å²) < 4.78 is 5.12. The van der Waals surface area contributed by atoms with Crippen LogP contribution in [-0.4, -0.2) is 75.1 Å². The molecule has 0 saturated carbocycles. The molecule has 17 heavy (non-hydrogen) atoms. The molecule has 3 unspecified atom stereocenters. The molecule has 0 radical (unpaired) electrons. The molecule has 0 fully saturated rings. The molecule has 0 spiro atoms. The Bertz CT molecular complexity index is 225. The zero-order valence-electron chi connectivity index (χ0n) is 10.1. The summed E-state index contributed by atoms with van der Waals surface area (Å²) in [7, 11) is 0. The van der Waals surface area contributed by atoms with Crippen molar-refractivity contribution < 1.29 is 25.2 Å². The van der Waals surface area contributed by atoms with E-state index >= 15 is 0 Å². The molecule has 0 bridgehead atoms. The molecular formula is C10H21NO5S. The standard InChI is InChI=1S/C10H21NO5S/c1-3-11(4-2)10(17)16-6-8(14)9(15)7(13)5-12/h7-9,12-15H,3-6H2,1-2H3. The molecule has 7 heteroatoms. The fourth-order valence-corrected chi connectivity index (χ4v) is 1.52. The molecule has 0 saturated heterocycles. The minimum atomic E-state index is -1.46. The molecule has 0 aliphatic heterocycles. The molecule has 102 valence electrons. The third kappa shape index (κ3) is 5.60. The quantitative estimate of drug-likeness (QED) is 0.426. The average Bonchev–Trinajstić information content (AvgIpc) is 2.35. The first-order valence-corrected chi connectivity index (χ1v) is 5.95. The Kier molecular flexibility index (Phi) is 8.36. The summed E-state index contributed by atoms with van der Waals surface area (Å²) in [5.74, 6) is 0. The van der Waals surface area contributed by atoms with Gasteiger partial charge in [0.15, 0.2) is 0 Å². The van der Waals surface area contributed by atoms with Gasteiger partial charge in [0.1, 0.15) is 24.9 Å². The summed E-state index contributed by atoms with van der Waals surface area (Å²) in [6.45, 7) is 4.35. The van der Waals surface area contributed by atoms with Crippen molar-refractivity contribution >= 4 is 17.4 Å². The molecule has 6 nitrogen and oxygen atoms in total. The lowest BCUT2D eigenvalue weighted by Crippen LogP contribution is -2.43. The van der Waals surface area contributed by atoms with Crippen LogP contribution in [0.3, 0.4) is 0 Å². The van der Waals surface area contributed by atoms with Gasteiger partial charge in [-0.1, -0.05) is 0 Å². The zero-order chi connectivity index (χ0) is 13.4. The summed E-state index contributed by atoms with van der Waals surface area (Å²) in [5, 5.41) is 36.8. The lowest BCUT2D eigenvalue weighted by molar-refractivity contribution is -0.0892. The number of ether oxygens (including phenoxy) is 1. The molecule has 0 aliphatic rings. The van der Waals surface area contributed by atoms with E-state index in [-0.39, 0.29) is 11.8 Å². The van der Waals surface area contributed by atoms with Gasteiger partial charge >= 0.3 is 0 Å². The molecule has 0 amide bonds. The van der Waals surface area contributed by atoms with E-state index in [4.69, 9.17) is 27.2 Å². The number of rotatable bonds is 7. The summed E-state index contributed by atoms with van der Waals surface area (Å²) >= 11 is 4.97. The van der Waals surface area contributed by atoms with Gasteiger partial charge in [-0.25, -0.2) is 0 Å². The van der Waals surface area contributed by atoms with Gasteiger partial charge in [0, 0.05) is 13.1 Å². The van der Waals surface area contributed by atoms with Crippen molar-refractivity contribution in [2.45, 2.75) is 32.2 Å². The van der Waals surface area contributed by atoms with Gasteiger partial charge in [-0.3, -0.25) is 0 Å². The van der Waals surface area contributed by atoms with Gasteiger partial charge in [0.2, 0.25) is 0 Å². The number of hydrogen-bond donors (Lipinski definition) is 4. The van der Waals surface area contributed by atoms with Gasteiger partial charge < -0.3 is 30.1 Å². The van der Waals surface area contributed by atoms with Crippen molar-refractivity contribution in [1.82, 2.24) is 4.90 Å². The van der Waals surface area contributed by atoms with Crippen LogP contribution >= 0.6 is 12.2 Å². The van der Waals surface area contributed by atoms with Crippen LogP contribution in [0.5, 0.6) is 0 Å². The highest BCUT2D eigenvalue weighted by atomic mass is 32.1. The van der Waals surface area contributed by atoms with Crippen LogP contribution in [0.25, 0.3) is 0 Å². The van der Waals surface area contributed by atoms with Crippen LogP contribution in [0.1, 0.15) is 13.8 Å². The first-order chi connectivity index (χ1) is 7.97. The maximum absolute atomic E-state index is 9.47. The van der Waals surface area contributed by atoms with E-state index in [9.17, 15) is 10.2 Å². The van der Waals surface area contributed by atoms with Crippen molar-refractivity contribution in [2.75, 3.05) is 26.3 Å². The van der Waals surface area contributed by atoms with Crippen LogP contribution in [0, 0.1) is 0 Å². The third-order valence-corrected chi connectivity index (χ3v) is 2.75. The number of aliphatic hydroxyl groups excluding tert-OH is 4. The topological polar surface area (TPSA) is 93.4 Å². The van der Waals surface area contributed by atoms with Crippen molar-refractivity contribution in [1.29, 1.82) is 0 Å². The Morgan fingerprint density at radius 3 is 2.12 bits per heavy atom. The second-order valence-corrected chi connectivity index (χ2v) is 3.91. The van der Waals surface area contributed by atoms with Crippen molar-refractivity contribution in [3.8, 4) is 0 Å². The minimum Gasteiger partial charge on any atom is -0.468 e. The van der Waals surface area contributed by atoms with Crippen LogP contribution in [0.4, 0.5) is 0 Å². The predicted molar refractivity (Wildman–Crippen MR) is 66.6 cm³/mol. The third-order valence-electron chi connectivity index (χ3n) is 2.37. The summed E-state index contributed by atoms with van der Waals surface area (Å²) in [6, 6.07) is 0. The normalized spacial score (nSPS) is 16.1. The number of aliphatic hydroxyl groups is 4. The van der Waals surface area contributed by atoms with E-state index in [1.807, 2.05) is 13.8 Å². The van der Waals surface area contributed by atoms with Gasteiger partial charge in [0.25, 0.3) is 5.17 Å². The van der Waals surface area contributed by atoms with Crippen LogP contribution in [0.2, 0.25) is 0 Å². The first-order valence-electron chi connectivity index (χ1n) is 5.54. The Hall–Kier alpha value is -0.470. The van der Waals surface area contributed by atoms with Crippen LogP contribution in [0.15, 0.2) is 0 Å². The SMILES string of the molecule is CCN(CC)C(=S)OCC(O)C(O)C(O)CO. The smallest absolute Gasteiger partial charge is 0.259 e.